The molecular weight excluding hydrogens is 226 g/mol. The summed E-state index contributed by atoms with van der Waals surface area (Å²) < 4.78 is 0. The zero-order valence-corrected chi connectivity index (χ0v) is 9.07. The van der Waals surface area contributed by atoms with E-state index in [4.69, 9.17) is 0 Å². The van der Waals surface area contributed by atoms with Crippen LogP contribution in [-0.4, -0.2) is 4.92 Å². The van der Waals surface area contributed by atoms with E-state index in [-0.39, 0.29) is 5.69 Å². The maximum absolute atomic E-state index is 10.3. The predicted octanol–water partition coefficient (Wildman–Crippen LogP) is 3.32. The van der Waals surface area contributed by atoms with Crippen LogP contribution < -0.4 is 0 Å². The maximum atomic E-state index is 10.3. The van der Waals surface area contributed by atoms with Gasteiger partial charge in [-0.3, -0.25) is 10.1 Å². The van der Waals surface area contributed by atoms with E-state index < -0.39 is 4.92 Å². The number of nitrogens with zero attached hydrogens (tertiary/aromatic N) is 1. The Bertz CT molecular complexity index is 288. The van der Waals surface area contributed by atoms with Crippen molar-refractivity contribution >= 4 is 38.0 Å². The molecule has 0 amide bonds. The molecule has 0 radical (unpaired) electrons. The average Bonchev–Trinajstić information content (AvgIpc) is 2.15. The minimum Gasteiger partial charge on any atom is -0.258 e. The van der Waals surface area contributed by atoms with Crippen molar-refractivity contribution in [2.75, 3.05) is 0 Å². The fourth-order valence-corrected chi connectivity index (χ4v) is 2.23. The lowest BCUT2D eigenvalue weighted by atomic mass is 10.2. The van der Waals surface area contributed by atoms with Gasteiger partial charge in [-0.25, -0.2) is 0 Å². The van der Waals surface area contributed by atoms with Crippen LogP contribution in [0, 0.1) is 10.1 Å². The predicted molar refractivity (Wildman–Crippen MR) is 61.0 cm³/mol. The number of nitro benzene ring substituents is 1. The zero-order chi connectivity index (χ0) is 9.68. The molecule has 6 heteroatoms. The minimum atomic E-state index is -0.399. The van der Waals surface area contributed by atoms with Gasteiger partial charge in [-0.2, -0.15) is 0 Å². The summed E-state index contributed by atoms with van der Waals surface area (Å²) in [4.78, 5) is 9.91. The number of non-ortho nitro benzene ring substituents is 1. The van der Waals surface area contributed by atoms with E-state index in [0.29, 0.717) is 0 Å². The Morgan fingerprint density at radius 2 is 2.00 bits per heavy atom. The van der Waals surface area contributed by atoms with Crippen molar-refractivity contribution in [3.63, 3.8) is 0 Å². The van der Waals surface area contributed by atoms with Gasteiger partial charge in [-0.1, -0.05) is 34.6 Å². The molecule has 0 aromatic heterocycles. The van der Waals surface area contributed by atoms with Gasteiger partial charge in [-0.05, 0) is 15.4 Å². The summed E-state index contributed by atoms with van der Waals surface area (Å²) in [5.41, 5.74) is 1.20. The molecule has 0 unspecified atom stereocenters. The SMILES string of the molecule is O=[N+]([O-])c1ccc(CSSS)cc1. The number of benzene rings is 1. The Kier molecular flexibility index (Phi) is 4.47. The van der Waals surface area contributed by atoms with Gasteiger partial charge in [0, 0.05) is 17.9 Å². The van der Waals surface area contributed by atoms with Crippen LogP contribution in [0.4, 0.5) is 5.69 Å². The molecule has 0 spiro atoms. The summed E-state index contributed by atoms with van der Waals surface area (Å²) in [7, 11) is 2.97. The molecule has 0 saturated carbocycles. The summed E-state index contributed by atoms with van der Waals surface area (Å²) in [6, 6.07) is 6.54. The molecule has 1 aromatic rings. The highest BCUT2D eigenvalue weighted by atomic mass is 33.5. The number of hydrogen-bond donors (Lipinski definition) is 1. The number of nitro groups is 1. The lowest BCUT2D eigenvalue weighted by Gasteiger charge is -1.97. The van der Waals surface area contributed by atoms with E-state index in [9.17, 15) is 10.1 Å². The molecule has 0 heterocycles. The van der Waals surface area contributed by atoms with Crippen LogP contribution in [0.5, 0.6) is 0 Å². The summed E-state index contributed by atoms with van der Waals surface area (Å²) in [6.07, 6.45) is 0. The summed E-state index contributed by atoms with van der Waals surface area (Å²) in [5, 5.41) is 10.3. The van der Waals surface area contributed by atoms with Crippen LogP contribution in [-0.2, 0) is 5.75 Å². The molecule has 0 aliphatic rings. The Hall–Kier alpha value is -0.330. The molecular formula is C7H7NO2S3. The highest BCUT2D eigenvalue weighted by molar-refractivity contribution is 9.05. The Morgan fingerprint density at radius 3 is 2.46 bits per heavy atom. The molecule has 0 aliphatic carbocycles. The van der Waals surface area contributed by atoms with Crippen molar-refractivity contribution in [3.05, 3.63) is 39.9 Å². The Labute approximate surface area is 88.7 Å². The van der Waals surface area contributed by atoms with Crippen LogP contribution in [0.25, 0.3) is 0 Å². The standard InChI is InChI=1S/C7H7NO2S3/c9-8(10)7-3-1-6(2-4-7)5-12-13-11/h1-4,11H,5H2. The van der Waals surface area contributed by atoms with Crippen LogP contribution in [0.1, 0.15) is 5.56 Å². The lowest BCUT2D eigenvalue weighted by Crippen LogP contribution is -1.87. The van der Waals surface area contributed by atoms with Crippen LogP contribution in [0.15, 0.2) is 24.3 Å². The topological polar surface area (TPSA) is 43.1 Å². The van der Waals surface area contributed by atoms with Crippen molar-refractivity contribution < 1.29 is 4.92 Å². The first-order valence-electron chi connectivity index (χ1n) is 3.40. The molecule has 0 fully saturated rings. The van der Waals surface area contributed by atoms with Crippen LogP contribution in [0.3, 0.4) is 0 Å². The second-order valence-electron chi connectivity index (χ2n) is 2.26. The molecule has 70 valence electrons. The van der Waals surface area contributed by atoms with E-state index in [1.54, 1.807) is 22.9 Å². The normalized spacial score (nSPS) is 9.92. The summed E-state index contributed by atoms with van der Waals surface area (Å²) in [6.45, 7) is 0. The molecule has 0 N–H and O–H groups in total. The monoisotopic (exact) mass is 233 g/mol. The van der Waals surface area contributed by atoms with E-state index >= 15 is 0 Å². The molecule has 0 bridgehead atoms. The van der Waals surface area contributed by atoms with Gasteiger partial charge in [-0.15, -0.1) is 0 Å². The zero-order valence-electron chi connectivity index (χ0n) is 6.54. The van der Waals surface area contributed by atoms with E-state index in [0.717, 1.165) is 11.3 Å². The van der Waals surface area contributed by atoms with Gasteiger partial charge in [0.2, 0.25) is 0 Å². The molecule has 13 heavy (non-hydrogen) atoms. The molecule has 1 rings (SSSR count). The second-order valence-corrected chi connectivity index (χ2v) is 5.43. The Balaban J connectivity index is 2.64. The maximum Gasteiger partial charge on any atom is 0.269 e. The highest BCUT2D eigenvalue weighted by Gasteiger charge is 2.03. The average molecular weight is 233 g/mol. The second kappa shape index (κ2) is 5.41. The summed E-state index contributed by atoms with van der Waals surface area (Å²) in [5.74, 6) is 0.812. The van der Waals surface area contributed by atoms with Crippen molar-refractivity contribution in [1.29, 1.82) is 0 Å². The third-order valence-electron chi connectivity index (χ3n) is 1.43. The lowest BCUT2D eigenvalue weighted by molar-refractivity contribution is -0.384. The quantitative estimate of drug-likeness (QED) is 0.375. The summed E-state index contributed by atoms with van der Waals surface area (Å²) >= 11 is 3.98. The third kappa shape index (κ3) is 3.50. The number of rotatable bonds is 4. The fraction of sp³-hybridized carbons (Fsp3) is 0.143. The first-order valence-corrected chi connectivity index (χ1v) is 6.77. The van der Waals surface area contributed by atoms with Gasteiger partial charge in [0.25, 0.3) is 5.69 Å². The number of hydrogen-bond acceptors (Lipinski definition) is 5. The van der Waals surface area contributed by atoms with Crippen molar-refractivity contribution in [2.24, 2.45) is 0 Å². The first-order chi connectivity index (χ1) is 6.24. The van der Waals surface area contributed by atoms with Crippen LogP contribution >= 0.6 is 32.3 Å². The fourth-order valence-electron chi connectivity index (χ4n) is 0.808. The van der Waals surface area contributed by atoms with E-state index in [2.05, 4.69) is 11.7 Å². The van der Waals surface area contributed by atoms with Crippen LogP contribution in [0.2, 0.25) is 0 Å². The van der Waals surface area contributed by atoms with Crippen molar-refractivity contribution in [1.82, 2.24) is 0 Å². The van der Waals surface area contributed by atoms with E-state index in [1.807, 2.05) is 0 Å². The van der Waals surface area contributed by atoms with Gasteiger partial charge in [0.1, 0.15) is 0 Å². The van der Waals surface area contributed by atoms with Crippen molar-refractivity contribution in [2.45, 2.75) is 5.75 Å². The van der Waals surface area contributed by atoms with Crippen molar-refractivity contribution in [3.8, 4) is 0 Å². The molecule has 0 saturated heterocycles. The first kappa shape index (κ1) is 10.7. The largest absolute Gasteiger partial charge is 0.269 e. The smallest absolute Gasteiger partial charge is 0.258 e. The molecule has 3 nitrogen and oxygen atoms in total. The van der Waals surface area contributed by atoms with Gasteiger partial charge in [0.05, 0.1) is 4.92 Å². The number of thiol groups is 1. The molecule has 0 atom stereocenters. The van der Waals surface area contributed by atoms with Gasteiger partial charge < -0.3 is 0 Å². The van der Waals surface area contributed by atoms with Gasteiger partial charge in [0.15, 0.2) is 0 Å². The minimum absolute atomic E-state index is 0.132. The third-order valence-corrected chi connectivity index (χ3v) is 3.60. The van der Waals surface area contributed by atoms with E-state index in [1.165, 1.54) is 22.0 Å². The Morgan fingerprint density at radius 1 is 1.38 bits per heavy atom. The van der Waals surface area contributed by atoms with Gasteiger partial charge >= 0.3 is 0 Å². The molecule has 0 aliphatic heterocycles. The molecule has 1 aromatic carbocycles. The highest BCUT2D eigenvalue weighted by Crippen LogP contribution is 2.28.